The Morgan fingerprint density at radius 1 is 1.14 bits per heavy atom. The van der Waals surface area contributed by atoms with Gasteiger partial charge in [-0.15, -0.1) is 0 Å². The van der Waals surface area contributed by atoms with E-state index >= 15 is 0 Å². The summed E-state index contributed by atoms with van der Waals surface area (Å²) in [6.07, 6.45) is 3.62. The summed E-state index contributed by atoms with van der Waals surface area (Å²) in [6.45, 7) is 1.17. The zero-order valence-electron chi connectivity index (χ0n) is 15.4. The summed E-state index contributed by atoms with van der Waals surface area (Å²) in [6, 6.07) is 15.2. The van der Waals surface area contributed by atoms with Gasteiger partial charge in [0.2, 0.25) is 5.91 Å². The van der Waals surface area contributed by atoms with Gasteiger partial charge in [0.1, 0.15) is 12.2 Å². The number of H-pyrrole nitrogens is 1. The maximum absolute atomic E-state index is 12.4. The van der Waals surface area contributed by atoms with Crippen LogP contribution in [0.3, 0.4) is 0 Å². The monoisotopic (exact) mass is 375 g/mol. The fourth-order valence-corrected chi connectivity index (χ4v) is 3.32. The van der Waals surface area contributed by atoms with E-state index in [0.717, 1.165) is 35.6 Å². The van der Waals surface area contributed by atoms with Crippen LogP contribution >= 0.6 is 0 Å². The van der Waals surface area contributed by atoms with E-state index in [4.69, 9.17) is 0 Å². The molecule has 7 heteroatoms. The molecule has 4 rings (SSSR count). The first-order valence-electron chi connectivity index (χ1n) is 9.30. The Balaban J connectivity index is 1.36. The summed E-state index contributed by atoms with van der Waals surface area (Å²) in [5.74, 6) is 0.814. The summed E-state index contributed by atoms with van der Waals surface area (Å²) >= 11 is 0. The van der Waals surface area contributed by atoms with Crippen molar-refractivity contribution in [3.8, 4) is 0 Å². The van der Waals surface area contributed by atoms with Gasteiger partial charge in [0.25, 0.3) is 5.91 Å². The average Bonchev–Trinajstić information content (AvgIpc) is 3.38. The third kappa shape index (κ3) is 4.09. The van der Waals surface area contributed by atoms with Crippen LogP contribution in [0.15, 0.2) is 54.9 Å². The molecule has 0 bridgehead atoms. The SMILES string of the molecule is O=C(NCc1cccc(N2CCCC2=O)c1)c1ccc(Cc2ncn[nH]2)cc1. The lowest BCUT2D eigenvalue weighted by Crippen LogP contribution is -2.25. The van der Waals surface area contributed by atoms with E-state index in [1.807, 2.05) is 36.4 Å². The lowest BCUT2D eigenvalue weighted by atomic mass is 10.1. The number of hydrogen-bond donors (Lipinski definition) is 2. The summed E-state index contributed by atoms with van der Waals surface area (Å²) in [5.41, 5.74) is 3.52. The number of hydrogen-bond acceptors (Lipinski definition) is 4. The van der Waals surface area contributed by atoms with Crippen molar-refractivity contribution in [1.29, 1.82) is 0 Å². The third-order valence-corrected chi connectivity index (χ3v) is 4.80. The maximum Gasteiger partial charge on any atom is 0.251 e. The van der Waals surface area contributed by atoms with Gasteiger partial charge in [0.15, 0.2) is 0 Å². The molecule has 7 nitrogen and oxygen atoms in total. The highest BCUT2D eigenvalue weighted by atomic mass is 16.2. The van der Waals surface area contributed by atoms with E-state index in [1.54, 1.807) is 17.0 Å². The van der Waals surface area contributed by atoms with Gasteiger partial charge in [-0.05, 0) is 41.8 Å². The molecule has 3 aromatic rings. The first-order chi connectivity index (χ1) is 13.7. The number of rotatable bonds is 6. The first kappa shape index (κ1) is 17.9. The molecule has 1 aliphatic rings. The van der Waals surface area contributed by atoms with Crippen LogP contribution in [0.25, 0.3) is 0 Å². The number of benzene rings is 2. The predicted molar refractivity (Wildman–Crippen MR) is 105 cm³/mol. The number of amides is 2. The fourth-order valence-electron chi connectivity index (χ4n) is 3.32. The molecule has 1 aliphatic heterocycles. The van der Waals surface area contributed by atoms with E-state index in [2.05, 4.69) is 20.5 Å². The molecule has 2 heterocycles. The second-order valence-corrected chi connectivity index (χ2v) is 6.81. The molecule has 2 N–H and O–H groups in total. The first-order valence-corrected chi connectivity index (χ1v) is 9.30. The molecular formula is C21H21N5O2. The van der Waals surface area contributed by atoms with Crippen molar-refractivity contribution >= 4 is 17.5 Å². The third-order valence-electron chi connectivity index (χ3n) is 4.80. The Morgan fingerprint density at radius 3 is 2.71 bits per heavy atom. The van der Waals surface area contributed by atoms with Gasteiger partial charge in [-0.1, -0.05) is 24.3 Å². The molecule has 0 saturated carbocycles. The van der Waals surface area contributed by atoms with E-state index in [0.29, 0.717) is 24.9 Å². The standard InChI is InChI=1S/C21H21N5O2/c27-20-5-2-10-26(20)18-4-1-3-16(11-18)13-22-21(28)17-8-6-15(7-9-17)12-19-23-14-24-25-19/h1,3-4,6-9,11,14H,2,5,10,12-13H2,(H,22,28)(H,23,24,25). The number of nitrogens with zero attached hydrogens (tertiary/aromatic N) is 3. The second kappa shape index (κ2) is 8.04. The van der Waals surface area contributed by atoms with Gasteiger partial charge in [0.05, 0.1) is 0 Å². The molecule has 0 radical (unpaired) electrons. The zero-order valence-corrected chi connectivity index (χ0v) is 15.4. The van der Waals surface area contributed by atoms with Crippen LogP contribution in [-0.2, 0) is 17.8 Å². The molecule has 1 fully saturated rings. The number of anilines is 1. The predicted octanol–water partition coefficient (Wildman–Crippen LogP) is 2.45. The summed E-state index contributed by atoms with van der Waals surface area (Å²) in [7, 11) is 0. The molecule has 1 saturated heterocycles. The zero-order chi connectivity index (χ0) is 19.3. The minimum Gasteiger partial charge on any atom is -0.348 e. The number of aromatic amines is 1. The molecule has 1 aromatic heterocycles. The van der Waals surface area contributed by atoms with Crippen molar-refractivity contribution in [3.63, 3.8) is 0 Å². The number of carbonyl (C=O) groups excluding carboxylic acids is 2. The quantitative estimate of drug-likeness (QED) is 0.692. The topological polar surface area (TPSA) is 91.0 Å². The van der Waals surface area contributed by atoms with Crippen molar-refractivity contribution < 1.29 is 9.59 Å². The second-order valence-electron chi connectivity index (χ2n) is 6.81. The van der Waals surface area contributed by atoms with Crippen LogP contribution in [0.4, 0.5) is 5.69 Å². The van der Waals surface area contributed by atoms with Crippen molar-refractivity contribution in [2.75, 3.05) is 11.4 Å². The summed E-state index contributed by atoms with van der Waals surface area (Å²) in [4.78, 5) is 30.3. The van der Waals surface area contributed by atoms with E-state index in [1.165, 1.54) is 6.33 Å². The van der Waals surface area contributed by atoms with Gasteiger partial charge < -0.3 is 10.2 Å². The molecule has 0 spiro atoms. The number of aromatic nitrogens is 3. The van der Waals surface area contributed by atoms with Crippen molar-refractivity contribution in [2.24, 2.45) is 0 Å². The van der Waals surface area contributed by atoms with Crippen molar-refractivity contribution in [2.45, 2.75) is 25.8 Å². The van der Waals surface area contributed by atoms with Crippen molar-refractivity contribution in [1.82, 2.24) is 20.5 Å². The molecule has 142 valence electrons. The highest BCUT2D eigenvalue weighted by Crippen LogP contribution is 2.22. The average molecular weight is 375 g/mol. The van der Waals surface area contributed by atoms with E-state index in [9.17, 15) is 9.59 Å². The van der Waals surface area contributed by atoms with Gasteiger partial charge in [-0.2, -0.15) is 5.10 Å². The Hall–Kier alpha value is -3.48. The highest BCUT2D eigenvalue weighted by Gasteiger charge is 2.21. The molecular weight excluding hydrogens is 354 g/mol. The molecule has 0 aliphatic carbocycles. The summed E-state index contributed by atoms with van der Waals surface area (Å²) < 4.78 is 0. The van der Waals surface area contributed by atoms with E-state index in [-0.39, 0.29) is 11.8 Å². The summed E-state index contributed by atoms with van der Waals surface area (Å²) in [5, 5.41) is 9.59. The Morgan fingerprint density at radius 2 is 2.00 bits per heavy atom. The molecule has 2 amide bonds. The van der Waals surface area contributed by atoms with Gasteiger partial charge in [-0.25, -0.2) is 4.98 Å². The van der Waals surface area contributed by atoms with Crippen LogP contribution in [0.2, 0.25) is 0 Å². The van der Waals surface area contributed by atoms with Crippen LogP contribution in [0.5, 0.6) is 0 Å². The molecule has 0 unspecified atom stereocenters. The van der Waals surface area contributed by atoms with Crippen LogP contribution in [0.1, 0.15) is 40.2 Å². The lowest BCUT2D eigenvalue weighted by molar-refractivity contribution is -0.117. The molecule has 0 atom stereocenters. The Kier molecular flexibility index (Phi) is 5.14. The number of nitrogens with one attached hydrogen (secondary N) is 2. The van der Waals surface area contributed by atoms with Gasteiger partial charge in [-0.3, -0.25) is 14.7 Å². The smallest absolute Gasteiger partial charge is 0.251 e. The largest absolute Gasteiger partial charge is 0.348 e. The van der Waals surface area contributed by atoms with Crippen molar-refractivity contribution in [3.05, 3.63) is 77.4 Å². The fraction of sp³-hybridized carbons (Fsp3) is 0.238. The molecule has 28 heavy (non-hydrogen) atoms. The van der Waals surface area contributed by atoms with E-state index < -0.39 is 0 Å². The van der Waals surface area contributed by atoms with Crippen LogP contribution < -0.4 is 10.2 Å². The maximum atomic E-state index is 12.4. The molecule has 2 aromatic carbocycles. The van der Waals surface area contributed by atoms with Gasteiger partial charge in [0, 0.05) is 37.2 Å². The Bertz CT molecular complexity index is 967. The van der Waals surface area contributed by atoms with Crippen LogP contribution in [-0.4, -0.2) is 33.5 Å². The minimum absolute atomic E-state index is 0.131. The Labute approximate surface area is 162 Å². The van der Waals surface area contributed by atoms with Crippen LogP contribution in [0, 0.1) is 0 Å². The van der Waals surface area contributed by atoms with Gasteiger partial charge >= 0.3 is 0 Å². The minimum atomic E-state index is -0.131. The highest BCUT2D eigenvalue weighted by molar-refractivity contribution is 5.95. The lowest BCUT2D eigenvalue weighted by Gasteiger charge is -2.16. The number of carbonyl (C=O) groups is 2. The normalized spacial score (nSPS) is 13.7.